The Morgan fingerprint density at radius 2 is 1.40 bits per heavy atom. The van der Waals surface area contributed by atoms with Crippen molar-refractivity contribution in [3.8, 4) is 11.1 Å². The molecule has 1 aliphatic carbocycles. The lowest BCUT2D eigenvalue weighted by Gasteiger charge is -2.24. The van der Waals surface area contributed by atoms with Gasteiger partial charge in [0, 0.05) is 11.3 Å². The largest absolute Gasteiger partial charge is 0.368 e. The highest BCUT2D eigenvalue weighted by molar-refractivity contribution is 5.98. The molecule has 0 bridgehead atoms. The number of nitrogens with two attached hydrogens (primary N) is 1. The fraction of sp³-hybridized carbons (Fsp3) is 0.0800. The van der Waals surface area contributed by atoms with Crippen LogP contribution in [-0.2, 0) is 4.79 Å². The number of nitrogens with one attached hydrogen (secondary N) is 1. The summed E-state index contributed by atoms with van der Waals surface area (Å²) in [6.07, 6.45) is 0. The molecule has 4 aromatic rings. The first-order chi connectivity index (χ1) is 14.6. The average Bonchev–Trinajstić information content (AvgIpc) is 3.11. The molecular weight excluding hydrogens is 374 g/mol. The Morgan fingerprint density at radius 1 is 0.800 bits per heavy atom. The van der Waals surface area contributed by atoms with Gasteiger partial charge in [0.2, 0.25) is 5.91 Å². The van der Waals surface area contributed by atoms with Crippen molar-refractivity contribution in [2.24, 2.45) is 5.73 Å². The topological polar surface area (TPSA) is 85.1 Å². The molecule has 3 aromatic carbocycles. The quantitative estimate of drug-likeness (QED) is 0.555. The molecule has 1 heterocycles. The molecule has 0 saturated heterocycles. The van der Waals surface area contributed by atoms with E-state index in [9.17, 15) is 9.59 Å². The van der Waals surface area contributed by atoms with Crippen LogP contribution in [0.3, 0.4) is 0 Å². The number of aromatic nitrogens is 1. The summed E-state index contributed by atoms with van der Waals surface area (Å²) in [6, 6.07) is 26.0. The molecule has 5 nitrogen and oxygen atoms in total. The van der Waals surface area contributed by atoms with Gasteiger partial charge in [0.15, 0.2) is 0 Å². The van der Waals surface area contributed by atoms with Crippen molar-refractivity contribution < 1.29 is 9.59 Å². The first-order valence-electron chi connectivity index (χ1n) is 9.77. The van der Waals surface area contributed by atoms with E-state index in [1.807, 2.05) is 78.9 Å². The van der Waals surface area contributed by atoms with E-state index >= 15 is 0 Å². The Morgan fingerprint density at radius 3 is 2.07 bits per heavy atom. The lowest BCUT2D eigenvalue weighted by molar-refractivity contribution is -0.120. The second-order valence-corrected chi connectivity index (χ2v) is 7.39. The number of rotatable bonds is 4. The van der Waals surface area contributed by atoms with Crippen molar-refractivity contribution >= 4 is 22.7 Å². The molecular formula is C25H19N3O2. The molecule has 1 aliphatic rings. The van der Waals surface area contributed by atoms with Crippen LogP contribution in [0.25, 0.3) is 22.0 Å². The van der Waals surface area contributed by atoms with E-state index in [0.29, 0.717) is 0 Å². The van der Waals surface area contributed by atoms with Crippen molar-refractivity contribution in [2.45, 2.75) is 12.0 Å². The van der Waals surface area contributed by atoms with Gasteiger partial charge < -0.3 is 11.1 Å². The van der Waals surface area contributed by atoms with E-state index in [-0.39, 0.29) is 11.6 Å². The number of carbonyl (C=O) groups is 2. The molecule has 0 aliphatic heterocycles. The maximum absolute atomic E-state index is 13.0. The molecule has 5 heteroatoms. The summed E-state index contributed by atoms with van der Waals surface area (Å²) in [7, 11) is 0. The number of hydrogen-bond acceptors (Lipinski definition) is 3. The predicted octanol–water partition coefficient (Wildman–Crippen LogP) is 3.63. The Kier molecular flexibility index (Phi) is 4.29. The Bertz CT molecular complexity index is 1250. The monoisotopic (exact) mass is 393 g/mol. The van der Waals surface area contributed by atoms with Crippen LogP contribution in [0.1, 0.15) is 27.5 Å². The zero-order valence-electron chi connectivity index (χ0n) is 16.1. The lowest BCUT2D eigenvalue weighted by Crippen LogP contribution is -2.48. The second-order valence-electron chi connectivity index (χ2n) is 7.39. The summed E-state index contributed by atoms with van der Waals surface area (Å²) >= 11 is 0. The summed E-state index contributed by atoms with van der Waals surface area (Å²) in [5, 5.41) is 3.79. The summed E-state index contributed by atoms with van der Waals surface area (Å²) in [5.41, 5.74) is 10.8. The van der Waals surface area contributed by atoms with Gasteiger partial charge in [0.25, 0.3) is 5.91 Å². The number of fused-ring (bicyclic) bond motifs is 4. The number of nitrogens with zero attached hydrogens (tertiary/aromatic N) is 1. The zero-order chi connectivity index (χ0) is 20.7. The zero-order valence-corrected chi connectivity index (χ0v) is 16.1. The summed E-state index contributed by atoms with van der Waals surface area (Å²) < 4.78 is 0. The molecule has 0 radical (unpaired) electrons. The van der Waals surface area contributed by atoms with E-state index in [2.05, 4.69) is 10.3 Å². The van der Waals surface area contributed by atoms with Crippen LogP contribution >= 0.6 is 0 Å². The molecule has 0 saturated carbocycles. The van der Waals surface area contributed by atoms with Crippen molar-refractivity contribution in [1.82, 2.24) is 10.3 Å². The van der Waals surface area contributed by atoms with Crippen LogP contribution in [0.15, 0.2) is 84.9 Å². The van der Waals surface area contributed by atoms with Gasteiger partial charge in [-0.15, -0.1) is 0 Å². The highest BCUT2D eigenvalue weighted by Crippen LogP contribution is 2.46. The normalized spacial score (nSPS) is 13.5. The first kappa shape index (κ1) is 18.1. The fourth-order valence-corrected chi connectivity index (χ4v) is 4.28. The van der Waals surface area contributed by atoms with Crippen LogP contribution in [0.2, 0.25) is 0 Å². The summed E-state index contributed by atoms with van der Waals surface area (Å²) in [5.74, 6) is -1.36. The standard InChI is InChI=1S/C25H19N3O2/c26-24(29)23(28-25(30)21-14-13-15-7-1-6-12-20(15)27-21)22-18-10-4-2-8-16(18)17-9-3-5-11-19(17)22/h1-14,22-23H,(H2,26,29)(H,28,30)/t23-/m0/s1. The Labute approximate surface area is 173 Å². The SMILES string of the molecule is NC(=O)[C@@H](NC(=O)c1ccc2ccccc2n1)C1c2ccccc2-c2ccccc21. The molecule has 30 heavy (non-hydrogen) atoms. The van der Waals surface area contributed by atoms with Gasteiger partial charge in [-0.25, -0.2) is 4.98 Å². The predicted molar refractivity (Wildman–Crippen MR) is 116 cm³/mol. The number of hydrogen-bond donors (Lipinski definition) is 2. The van der Waals surface area contributed by atoms with E-state index in [0.717, 1.165) is 33.2 Å². The van der Waals surface area contributed by atoms with E-state index in [1.54, 1.807) is 6.07 Å². The maximum Gasteiger partial charge on any atom is 0.270 e. The van der Waals surface area contributed by atoms with E-state index in [1.165, 1.54) is 0 Å². The van der Waals surface area contributed by atoms with Crippen molar-refractivity contribution in [1.29, 1.82) is 0 Å². The maximum atomic E-state index is 13.0. The van der Waals surface area contributed by atoms with Crippen LogP contribution in [-0.4, -0.2) is 22.8 Å². The minimum absolute atomic E-state index is 0.250. The number of carbonyl (C=O) groups excluding carboxylic acids is 2. The summed E-state index contributed by atoms with van der Waals surface area (Å²) in [6.45, 7) is 0. The van der Waals surface area contributed by atoms with Gasteiger partial charge in [-0.05, 0) is 34.4 Å². The number of benzene rings is 3. The van der Waals surface area contributed by atoms with E-state index < -0.39 is 17.9 Å². The van der Waals surface area contributed by atoms with Crippen molar-refractivity contribution in [3.05, 3.63) is 102 Å². The third-order valence-electron chi connectivity index (χ3n) is 5.64. The third-order valence-corrected chi connectivity index (χ3v) is 5.64. The smallest absolute Gasteiger partial charge is 0.270 e. The van der Waals surface area contributed by atoms with Gasteiger partial charge in [0.1, 0.15) is 11.7 Å². The lowest BCUT2D eigenvalue weighted by atomic mass is 9.88. The second kappa shape index (κ2) is 7.12. The Hall–Kier alpha value is -3.99. The average molecular weight is 393 g/mol. The van der Waals surface area contributed by atoms with Crippen molar-refractivity contribution in [2.75, 3.05) is 0 Å². The molecule has 0 spiro atoms. The minimum Gasteiger partial charge on any atom is -0.368 e. The van der Waals surface area contributed by atoms with Crippen LogP contribution in [0.5, 0.6) is 0 Å². The first-order valence-corrected chi connectivity index (χ1v) is 9.77. The van der Waals surface area contributed by atoms with Crippen LogP contribution in [0, 0.1) is 0 Å². The highest BCUT2D eigenvalue weighted by atomic mass is 16.2. The van der Waals surface area contributed by atoms with Crippen molar-refractivity contribution in [3.63, 3.8) is 0 Å². The fourth-order valence-electron chi connectivity index (χ4n) is 4.28. The van der Waals surface area contributed by atoms with Crippen LogP contribution in [0.4, 0.5) is 0 Å². The molecule has 0 unspecified atom stereocenters. The molecule has 1 aromatic heterocycles. The number of pyridine rings is 1. The minimum atomic E-state index is -0.893. The number of primary amides is 1. The molecule has 146 valence electrons. The third kappa shape index (κ3) is 2.92. The molecule has 5 rings (SSSR count). The Balaban J connectivity index is 1.53. The number of para-hydroxylation sites is 1. The van der Waals surface area contributed by atoms with Gasteiger partial charge in [-0.2, -0.15) is 0 Å². The molecule has 3 N–H and O–H groups in total. The number of amides is 2. The van der Waals surface area contributed by atoms with Gasteiger partial charge in [-0.1, -0.05) is 72.8 Å². The van der Waals surface area contributed by atoms with Crippen LogP contribution < -0.4 is 11.1 Å². The summed E-state index contributed by atoms with van der Waals surface area (Å²) in [4.78, 5) is 29.9. The van der Waals surface area contributed by atoms with E-state index in [4.69, 9.17) is 5.73 Å². The van der Waals surface area contributed by atoms with Gasteiger partial charge in [-0.3, -0.25) is 9.59 Å². The van der Waals surface area contributed by atoms with Gasteiger partial charge in [0.05, 0.1) is 5.52 Å². The van der Waals surface area contributed by atoms with Gasteiger partial charge >= 0.3 is 0 Å². The highest BCUT2D eigenvalue weighted by Gasteiger charge is 2.38. The molecule has 1 atom stereocenters. The molecule has 0 fully saturated rings. The molecule has 2 amide bonds.